The molecule has 2 amide bonds. The molecule has 0 bridgehead atoms. The number of carbonyl (C=O) groups excluding carboxylic acids is 2. The van der Waals surface area contributed by atoms with E-state index in [0.29, 0.717) is 29.4 Å². The maximum Gasteiger partial charge on any atom is 0.257 e. The first-order valence-electron chi connectivity index (χ1n) is 7.52. The summed E-state index contributed by atoms with van der Waals surface area (Å²) in [5.41, 5.74) is 1.88. The fraction of sp³-hybridized carbons (Fsp3) is 0.222. The van der Waals surface area contributed by atoms with Crippen LogP contribution in [0.4, 0.5) is 5.69 Å². The Balaban J connectivity index is 2.16. The van der Waals surface area contributed by atoms with Gasteiger partial charge in [0, 0.05) is 25.7 Å². The Labute approximate surface area is 151 Å². The molecule has 0 spiro atoms. The van der Waals surface area contributed by atoms with Crippen LogP contribution in [0.3, 0.4) is 0 Å². The van der Waals surface area contributed by atoms with Crippen LogP contribution in [0.15, 0.2) is 42.5 Å². The van der Waals surface area contributed by atoms with Crippen molar-refractivity contribution in [1.82, 2.24) is 4.90 Å². The molecule has 2 rings (SSSR count). The summed E-state index contributed by atoms with van der Waals surface area (Å²) in [6.45, 7) is 4.59. The van der Waals surface area contributed by atoms with Crippen LogP contribution < -0.4 is 5.32 Å². The van der Waals surface area contributed by atoms with E-state index in [4.69, 9.17) is 23.2 Å². The van der Waals surface area contributed by atoms with Crippen molar-refractivity contribution in [3.63, 3.8) is 0 Å². The average Bonchev–Trinajstić information content (AvgIpc) is 2.55. The third kappa shape index (κ3) is 4.49. The quantitative estimate of drug-likeness (QED) is 0.841. The fourth-order valence-electron chi connectivity index (χ4n) is 2.29. The van der Waals surface area contributed by atoms with Gasteiger partial charge in [0.15, 0.2) is 0 Å². The number of hydrogen-bond acceptors (Lipinski definition) is 2. The lowest BCUT2D eigenvalue weighted by molar-refractivity contribution is -0.129. The van der Waals surface area contributed by atoms with Gasteiger partial charge in [0.25, 0.3) is 5.91 Å². The van der Waals surface area contributed by atoms with Gasteiger partial charge in [0.1, 0.15) is 0 Å². The summed E-state index contributed by atoms with van der Waals surface area (Å²) in [6, 6.07) is 12.3. The lowest BCUT2D eigenvalue weighted by Crippen LogP contribution is -2.27. The van der Waals surface area contributed by atoms with Crippen molar-refractivity contribution in [2.24, 2.45) is 0 Å². The number of hydrogen-bond donors (Lipinski definition) is 1. The number of halogens is 2. The van der Waals surface area contributed by atoms with E-state index < -0.39 is 0 Å². The van der Waals surface area contributed by atoms with Crippen LogP contribution in [0.5, 0.6) is 0 Å². The summed E-state index contributed by atoms with van der Waals surface area (Å²) in [5, 5.41) is 3.36. The molecular formula is C18H18Cl2N2O2. The van der Waals surface area contributed by atoms with Crippen molar-refractivity contribution < 1.29 is 9.59 Å². The van der Waals surface area contributed by atoms with Gasteiger partial charge in [-0.15, -0.1) is 0 Å². The molecule has 0 saturated heterocycles. The third-order valence-corrected chi connectivity index (χ3v) is 4.40. The van der Waals surface area contributed by atoms with E-state index in [1.165, 1.54) is 6.92 Å². The van der Waals surface area contributed by atoms with E-state index in [1.807, 2.05) is 25.1 Å². The van der Waals surface area contributed by atoms with Gasteiger partial charge >= 0.3 is 0 Å². The summed E-state index contributed by atoms with van der Waals surface area (Å²) in [6.07, 6.45) is 0. The van der Waals surface area contributed by atoms with E-state index in [0.717, 1.165) is 5.56 Å². The first-order valence-corrected chi connectivity index (χ1v) is 8.27. The predicted octanol–water partition coefficient (Wildman–Crippen LogP) is 4.61. The van der Waals surface area contributed by atoms with Crippen LogP contribution in [0.25, 0.3) is 0 Å². The molecule has 0 saturated carbocycles. The minimum absolute atomic E-state index is 0.0117. The van der Waals surface area contributed by atoms with Crippen LogP contribution in [0.1, 0.15) is 29.8 Å². The second-order valence-corrected chi connectivity index (χ2v) is 6.07. The van der Waals surface area contributed by atoms with Crippen molar-refractivity contribution in [2.45, 2.75) is 20.4 Å². The van der Waals surface area contributed by atoms with Crippen molar-refractivity contribution in [3.05, 3.63) is 63.6 Å². The number of nitrogens with one attached hydrogen (secondary N) is 1. The predicted molar refractivity (Wildman–Crippen MR) is 97.6 cm³/mol. The Bertz CT molecular complexity index is 762. The molecule has 4 nitrogen and oxygen atoms in total. The summed E-state index contributed by atoms with van der Waals surface area (Å²) in [4.78, 5) is 25.6. The molecule has 0 aliphatic carbocycles. The number of carbonyl (C=O) groups is 2. The molecule has 0 aromatic heterocycles. The second-order valence-electron chi connectivity index (χ2n) is 5.29. The standard InChI is InChI=1S/C18H18Cl2N2O2/c1-3-22(12(2)23)11-13-6-4-7-14(10-13)21-18(24)15-8-5-9-16(19)17(15)20/h4-10H,3,11H2,1-2H3,(H,21,24). The minimum Gasteiger partial charge on any atom is -0.339 e. The zero-order valence-corrected chi connectivity index (χ0v) is 15.0. The summed E-state index contributed by atoms with van der Waals surface area (Å²) < 4.78 is 0. The number of anilines is 1. The molecule has 126 valence electrons. The van der Waals surface area contributed by atoms with Crippen LogP contribution >= 0.6 is 23.2 Å². The molecule has 0 aliphatic rings. The lowest BCUT2D eigenvalue weighted by atomic mass is 10.1. The van der Waals surface area contributed by atoms with Gasteiger partial charge in [-0.05, 0) is 36.8 Å². The Kier molecular flexibility index (Phi) is 6.23. The molecule has 2 aromatic rings. The molecular weight excluding hydrogens is 347 g/mol. The van der Waals surface area contributed by atoms with Gasteiger partial charge in [0.05, 0.1) is 15.6 Å². The van der Waals surface area contributed by atoms with E-state index in [-0.39, 0.29) is 16.8 Å². The van der Waals surface area contributed by atoms with Gasteiger partial charge in [-0.3, -0.25) is 9.59 Å². The first kappa shape index (κ1) is 18.3. The average molecular weight is 365 g/mol. The van der Waals surface area contributed by atoms with Crippen LogP contribution in [0, 0.1) is 0 Å². The zero-order valence-electron chi connectivity index (χ0n) is 13.5. The molecule has 2 aromatic carbocycles. The van der Waals surface area contributed by atoms with Crippen LogP contribution in [-0.4, -0.2) is 23.3 Å². The number of benzene rings is 2. The maximum absolute atomic E-state index is 12.4. The summed E-state index contributed by atoms with van der Waals surface area (Å²) >= 11 is 12.0. The largest absolute Gasteiger partial charge is 0.339 e. The van der Waals surface area contributed by atoms with Gasteiger partial charge in [-0.2, -0.15) is 0 Å². The topological polar surface area (TPSA) is 49.4 Å². The summed E-state index contributed by atoms with van der Waals surface area (Å²) in [7, 11) is 0. The molecule has 24 heavy (non-hydrogen) atoms. The maximum atomic E-state index is 12.4. The normalized spacial score (nSPS) is 10.3. The van der Waals surface area contributed by atoms with Crippen LogP contribution in [0.2, 0.25) is 10.0 Å². The highest BCUT2D eigenvalue weighted by atomic mass is 35.5. The highest BCUT2D eigenvalue weighted by Crippen LogP contribution is 2.26. The molecule has 0 aliphatic heterocycles. The molecule has 0 fully saturated rings. The first-order chi connectivity index (χ1) is 11.4. The fourth-order valence-corrected chi connectivity index (χ4v) is 2.68. The SMILES string of the molecule is CCN(Cc1cccc(NC(=O)c2cccc(Cl)c2Cl)c1)C(C)=O. The van der Waals surface area contributed by atoms with E-state index in [2.05, 4.69) is 5.32 Å². The monoisotopic (exact) mass is 364 g/mol. The van der Waals surface area contributed by atoms with Gasteiger partial charge in [0.2, 0.25) is 5.91 Å². The Morgan fingerprint density at radius 2 is 1.83 bits per heavy atom. The lowest BCUT2D eigenvalue weighted by Gasteiger charge is -2.19. The number of nitrogens with zero attached hydrogens (tertiary/aromatic N) is 1. The second kappa shape index (κ2) is 8.18. The summed E-state index contributed by atoms with van der Waals surface area (Å²) in [5.74, 6) is -0.323. The zero-order chi connectivity index (χ0) is 17.7. The molecule has 0 unspecified atom stereocenters. The van der Waals surface area contributed by atoms with E-state index in [9.17, 15) is 9.59 Å². The third-order valence-electron chi connectivity index (χ3n) is 3.58. The van der Waals surface area contributed by atoms with Crippen molar-refractivity contribution in [3.8, 4) is 0 Å². The molecule has 0 atom stereocenters. The van der Waals surface area contributed by atoms with Crippen molar-refractivity contribution in [2.75, 3.05) is 11.9 Å². The smallest absolute Gasteiger partial charge is 0.257 e. The minimum atomic E-state index is -0.335. The Hall–Kier alpha value is -2.04. The van der Waals surface area contributed by atoms with Crippen molar-refractivity contribution in [1.29, 1.82) is 0 Å². The highest BCUT2D eigenvalue weighted by molar-refractivity contribution is 6.44. The molecule has 0 radical (unpaired) electrons. The Morgan fingerprint density at radius 1 is 1.12 bits per heavy atom. The van der Waals surface area contributed by atoms with Gasteiger partial charge in [-0.25, -0.2) is 0 Å². The number of amides is 2. The van der Waals surface area contributed by atoms with Crippen LogP contribution in [-0.2, 0) is 11.3 Å². The number of rotatable bonds is 5. The van der Waals surface area contributed by atoms with Crippen molar-refractivity contribution >= 4 is 40.7 Å². The highest BCUT2D eigenvalue weighted by Gasteiger charge is 2.13. The molecule has 0 heterocycles. The molecule has 6 heteroatoms. The van der Waals surface area contributed by atoms with E-state index in [1.54, 1.807) is 29.2 Å². The van der Waals surface area contributed by atoms with Gasteiger partial charge in [-0.1, -0.05) is 41.4 Å². The van der Waals surface area contributed by atoms with Gasteiger partial charge < -0.3 is 10.2 Å². The molecule has 1 N–H and O–H groups in total. The van der Waals surface area contributed by atoms with E-state index >= 15 is 0 Å². The Morgan fingerprint density at radius 3 is 2.50 bits per heavy atom.